The van der Waals surface area contributed by atoms with Crippen molar-refractivity contribution in [3.63, 3.8) is 0 Å². The molecule has 0 saturated carbocycles. The molecule has 0 aliphatic carbocycles. The number of hydrogen-bond donors (Lipinski definition) is 2. The fourth-order valence-electron chi connectivity index (χ4n) is 1.60. The van der Waals surface area contributed by atoms with Crippen LogP contribution >= 0.6 is 0 Å². The Labute approximate surface area is 105 Å². The van der Waals surface area contributed by atoms with Crippen LogP contribution in [-0.4, -0.2) is 17.6 Å². The number of aromatic nitrogens is 1. The second-order valence-electron chi connectivity index (χ2n) is 4.02. The molecule has 1 amide bonds. The summed E-state index contributed by atoms with van der Waals surface area (Å²) in [6, 6.07) is 8.99. The number of benzene rings is 1. The van der Waals surface area contributed by atoms with Crippen molar-refractivity contribution < 1.29 is 9.32 Å². The zero-order chi connectivity index (χ0) is 13.0. The molecule has 5 nitrogen and oxygen atoms in total. The standard InChI is InChI=1S/C13H15N3O2/c1-9-8-12(18-16-9)15-13(17)11-4-2-10(3-5-11)6-7-14/h2-5,8H,6-7,14H2,1H3,(H,15,17). The molecule has 1 heterocycles. The summed E-state index contributed by atoms with van der Waals surface area (Å²) < 4.78 is 4.92. The first-order chi connectivity index (χ1) is 8.69. The van der Waals surface area contributed by atoms with Gasteiger partial charge in [-0.25, -0.2) is 0 Å². The Morgan fingerprint density at radius 2 is 2.11 bits per heavy atom. The smallest absolute Gasteiger partial charge is 0.258 e. The highest BCUT2D eigenvalue weighted by atomic mass is 16.5. The van der Waals surface area contributed by atoms with Gasteiger partial charge in [0.15, 0.2) is 0 Å². The number of nitrogens with zero attached hydrogens (tertiary/aromatic N) is 1. The van der Waals surface area contributed by atoms with E-state index in [4.69, 9.17) is 10.3 Å². The second kappa shape index (κ2) is 5.46. The highest BCUT2D eigenvalue weighted by Crippen LogP contribution is 2.11. The molecule has 0 spiro atoms. The van der Waals surface area contributed by atoms with E-state index in [-0.39, 0.29) is 5.91 Å². The summed E-state index contributed by atoms with van der Waals surface area (Å²) in [6.07, 6.45) is 0.809. The summed E-state index contributed by atoms with van der Waals surface area (Å²) in [5.74, 6) is 0.133. The van der Waals surface area contributed by atoms with Crippen LogP contribution < -0.4 is 11.1 Å². The number of carbonyl (C=O) groups is 1. The predicted octanol–water partition coefficient (Wildman–Crippen LogP) is 1.74. The Morgan fingerprint density at radius 3 is 2.67 bits per heavy atom. The van der Waals surface area contributed by atoms with Crippen molar-refractivity contribution in [1.29, 1.82) is 0 Å². The first kappa shape index (κ1) is 12.3. The van der Waals surface area contributed by atoms with Crippen LogP contribution in [0.15, 0.2) is 34.9 Å². The van der Waals surface area contributed by atoms with E-state index in [1.54, 1.807) is 25.1 Å². The Bertz CT molecular complexity index is 531. The van der Waals surface area contributed by atoms with E-state index >= 15 is 0 Å². The van der Waals surface area contributed by atoms with Gasteiger partial charge in [0.25, 0.3) is 5.91 Å². The van der Waals surface area contributed by atoms with Gasteiger partial charge in [0.2, 0.25) is 5.88 Å². The molecular weight excluding hydrogens is 230 g/mol. The van der Waals surface area contributed by atoms with Crippen molar-refractivity contribution in [2.45, 2.75) is 13.3 Å². The normalized spacial score (nSPS) is 10.3. The molecule has 2 aromatic rings. The minimum atomic E-state index is -0.217. The maximum absolute atomic E-state index is 11.9. The molecule has 0 atom stereocenters. The van der Waals surface area contributed by atoms with Crippen molar-refractivity contribution in [1.82, 2.24) is 5.16 Å². The molecule has 0 aliphatic heterocycles. The van der Waals surface area contributed by atoms with Gasteiger partial charge in [-0.2, -0.15) is 0 Å². The summed E-state index contributed by atoms with van der Waals surface area (Å²) in [5, 5.41) is 6.34. The number of nitrogens with two attached hydrogens (primary N) is 1. The lowest BCUT2D eigenvalue weighted by atomic mass is 10.1. The number of anilines is 1. The van der Waals surface area contributed by atoms with Crippen molar-refractivity contribution in [3.8, 4) is 0 Å². The molecule has 1 aromatic carbocycles. The van der Waals surface area contributed by atoms with E-state index in [2.05, 4.69) is 10.5 Å². The molecule has 0 aliphatic rings. The molecule has 18 heavy (non-hydrogen) atoms. The van der Waals surface area contributed by atoms with Crippen LogP contribution in [0.4, 0.5) is 5.88 Å². The number of nitrogens with one attached hydrogen (secondary N) is 1. The van der Waals surface area contributed by atoms with Gasteiger partial charge < -0.3 is 10.3 Å². The molecule has 5 heteroatoms. The molecule has 0 fully saturated rings. The predicted molar refractivity (Wildman–Crippen MR) is 68.4 cm³/mol. The number of carbonyl (C=O) groups excluding carboxylic acids is 1. The Kier molecular flexibility index (Phi) is 3.74. The van der Waals surface area contributed by atoms with Gasteiger partial charge in [-0.1, -0.05) is 17.3 Å². The number of hydrogen-bond acceptors (Lipinski definition) is 4. The van der Waals surface area contributed by atoms with Crippen molar-refractivity contribution in [2.24, 2.45) is 5.73 Å². The SMILES string of the molecule is Cc1cc(NC(=O)c2ccc(CCN)cc2)on1. The lowest BCUT2D eigenvalue weighted by molar-refractivity contribution is 0.102. The van der Waals surface area contributed by atoms with E-state index < -0.39 is 0 Å². The third-order valence-electron chi connectivity index (χ3n) is 2.51. The maximum atomic E-state index is 11.9. The van der Waals surface area contributed by atoms with Gasteiger partial charge >= 0.3 is 0 Å². The lowest BCUT2D eigenvalue weighted by Crippen LogP contribution is -2.11. The lowest BCUT2D eigenvalue weighted by Gasteiger charge is -2.03. The molecule has 1 aromatic heterocycles. The largest absolute Gasteiger partial charge is 0.338 e. The van der Waals surface area contributed by atoms with Crippen LogP contribution in [0.5, 0.6) is 0 Å². The fourth-order valence-corrected chi connectivity index (χ4v) is 1.60. The molecule has 3 N–H and O–H groups in total. The van der Waals surface area contributed by atoms with Crippen LogP contribution in [0.1, 0.15) is 21.6 Å². The topological polar surface area (TPSA) is 81.2 Å². The van der Waals surface area contributed by atoms with Crippen LogP contribution in [0.2, 0.25) is 0 Å². The molecular formula is C13H15N3O2. The number of rotatable bonds is 4. The van der Waals surface area contributed by atoms with Gasteiger partial charge in [0, 0.05) is 11.6 Å². The fraction of sp³-hybridized carbons (Fsp3) is 0.231. The molecule has 0 bridgehead atoms. The summed E-state index contributed by atoms with van der Waals surface area (Å²) in [7, 11) is 0. The van der Waals surface area contributed by atoms with Crippen molar-refractivity contribution >= 4 is 11.8 Å². The Hall–Kier alpha value is -2.14. The second-order valence-corrected chi connectivity index (χ2v) is 4.02. The van der Waals surface area contributed by atoms with Crippen molar-refractivity contribution in [3.05, 3.63) is 47.2 Å². The Morgan fingerprint density at radius 1 is 1.39 bits per heavy atom. The number of aryl methyl sites for hydroxylation is 1. The van der Waals surface area contributed by atoms with Crippen LogP contribution in [0.25, 0.3) is 0 Å². The summed E-state index contributed by atoms with van der Waals surface area (Å²) in [4.78, 5) is 11.9. The maximum Gasteiger partial charge on any atom is 0.258 e. The third kappa shape index (κ3) is 2.95. The van der Waals surface area contributed by atoms with Gasteiger partial charge in [-0.3, -0.25) is 10.1 Å². The summed E-state index contributed by atoms with van der Waals surface area (Å²) >= 11 is 0. The minimum absolute atomic E-state index is 0.217. The minimum Gasteiger partial charge on any atom is -0.338 e. The Balaban J connectivity index is 2.04. The van der Waals surface area contributed by atoms with E-state index in [0.29, 0.717) is 18.0 Å². The van der Waals surface area contributed by atoms with Gasteiger partial charge in [0.1, 0.15) is 0 Å². The average molecular weight is 245 g/mol. The highest BCUT2D eigenvalue weighted by Gasteiger charge is 2.08. The molecule has 0 radical (unpaired) electrons. The molecule has 2 rings (SSSR count). The monoisotopic (exact) mass is 245 g/mol. The molecule has 0 unspecified atom stereocenters. The summed E-state index contributed by atoms with van der Waals surface area (Å²) in [6.45, 7) is 2.39. The summed E-state index contributed by atoms with van der Waals surface area (Å²) in [5.41, 5.74) is 7.88. The van der Waals surface area contributed by atoms with E-state index in [1.807, 2.05) is 12.1 Å². The first-order valence-electron chi connectivity index (χ1n) is 5.72. The zero-order valence-corrected chi connectivity index (χ0v) is 10.1. The zero-order valence-electron chi connectivity index (χ0n) is 10.1. The van der Waals surface area contributed by atoms with Gasteiger partial charge in [-0.05, 0) is 37.6 Å². The quantitative estimate of drug-likeness (QED) is 0.859. The van der Waals surface area contributed by atoms with E-state index in [9.17, 15) is 4.79 Å². The third-order valence-corrected chi connectivity index (χ3v) is 2.51. The first-order valence-corrected chi connectivity index (χ1v) is 5.72. The average Bonchev–Trinajstić information content (AvgIpc) is 2.76. The number of amides is 1. The van der Waals surface area contributed by atoms with Crippen LogP contribution in [-0.2, 0) is 6.42 Å². The van der Waals surface area contributed by atoms with Gasteiger partial charge in [0.05, 0.1) is 5.69 Å². The van der Waals surface area contributed by atoms with E-state index in [0.717, 1.165) is 17.7 Å². The molecule has 0 saturated heterocycles. The van der Waals surface area contributed by atoms with Gasteiger partial charge in [-0.15, -0.1) is 0 Å². The van der Waals surface area contributed by atoms with Crippen LogP contribution in [0, 0.1) is 6.92 Å². The highest BCUT2D eigenvalue weighted by molar-refractivity contribution is 6.03. The van der Waals surface area contributed by atoms with E-state index in [1.165, 1.54) is 0 Å². The van der Waals surface area contributed by atoms with Crippen molar-refractivity contribution in [2.75, 3.05) is 11.9 Å². The van der Waals surface area contributed by atoms with Crippen LogP contribution in [0.3, 0.4) is 0 Å². The molecule has 94 valence electrons.